The van der Waals surface area contributed by atoms with E-state index < -0.39 is 11.7 Å². The highest BCUT2D eigenvalue weighted by molar-refractivity contribution is 5.98. The quantitative estimate of drug-likeness (QED) is 0.773. The molecule has 0 bridgehead atoms. The monoisotopic (exact) mass is 362 g/mol. The van der Waals surface area contributed by atoms with Crippen LogP contribution < -0.4 is 0 Å². The lowest BCUT2D eigenvalue weighted by Crippen LogP contribution is -2.46. The van der Waals surface area contributed by atoms with Gasteiger partial charge in [0.25, 0.3) is 0 Å². The molecule has 138 valence electrons. The van der Waals surface area contributed by atoms with Crippen LogP contribution in [0, 0.1) is 0 Å². The zero-order valence-electron chi connectivity index (χ0n) is 14.6. The Morgan fingerprint density at radius 3 is 2.23 bits per heavy atom. The van der Waals surface area contributed by atoms with Crippen LogP contribution >= 0.6 is 0 Å². The molecule has 2 aromatic rings. The number of ketones is 1. The van der Waals surface area contributed by atoms with E-state index in [1.165, 1.54) is 12.1 Å². The van der Waals surface area contributed by atoms with Crippen molar-refractivity contribution < 1.29 is 18.0 Å². The first-order valence-electron chi connectivity index (χ1n) is 8.55. The van der Waals surface area contributed by atoms with E-state index in [0.29, 0.717) is 17.7 Å². The van der Waals surface area contributed by atoms with Crippen LogP contribution in [-0.2, 0) is 6.18 Å². The molecule has 1 aliphatic heterocycles. The van der Waals surface area contributed by atoms with E-state index in [4.69, 9.17) is 0 Å². The second-order valence-corrected chi connectivity index (χ2v) is 6.66. The first kappa shape index (κ1) is 18.6. The Bertz CT molecular complexity index is 763. The predicted octanol–water partition coefficient (Wildman–Crippen LogP) is 3.80. The zero-order valence-corrected chi connectivity index (χ0v) is 14.6. The summed E-state index contributed by atoms with van der Waals surface area (Å²) in [5.41, 5.74) is 1.31. The van der Waals surface area contributed by atoms with Crippen LogP contribution in [-0.4, -0.2) is 55.4 Å². The molecule has 1 aliphatic rings. The van der Waals surface area contributed by atoms with Gasteiger partial charge in [0.15, 0.2) is 5.78 Å². The first-order valence-corrected chi connectivity index (χ1v) is 8.55. The molecule has 0 saturated carbocycles. The normalized spacial score (nSPS) is 16.6. The van der Waals surface area contributed by atoms with Gasteiger partial charge in [-0.15, -0.1) is 0 Å². The Hall–Kier alpha value is -2.18. The van der Waals surface area contributed by atoms with Crippen molar-refractivity contribution in [2.24, 2.45) is 0 Å². The van der Waals surface area contributed by atoms with E-state index in [-0.39, 0.29) is 5.78 Å². The molecule has 3 nitrogen and oxygen atoms in total. The van der Waals surface area contributed by atoms with Crippen LogP contribution in [0.25, 0.3) is 11.1 Å². The van der Waals surface area contributed by atoms with Gasteiger partial charge >= 0.3 is 6.18 Å². The lowest BCUT2D eigenvalue weighted by molar-refractivity contribution is -0.137. The van der Waals surface area contributed by atoms with Crippen molar-refractivity contribution in [3.05, 3.63) is 59.7 Å². The largest absolute Gasteiger partial charge is 0.416 e. The third kappa shape index (κ3) is 4.51. The molecular weight excluding hydrogens is 341 g/mol. The Morgan fingerprint density at radius 2 is 1.62 bits per heavy atom. The van der Waals surface area contributed by atoms with Gasteiger partial charge < -0.3 is 4.90 Å². The van der Waals surface area contributed by atoms with Crippen LogP contribution in [0.2, 0.25) is 0 Å². The number of hydrogen-bond donors (Lipinski definition) is 0. The summed E-state index contributed by atoms with van der Waals surface area (Å²) in [4.78, 5) is 16.9. The molecule has 0 N–H and O–H groups in total. The number of carbonyl (C=O) groups is 1. The predicted molar refractivity (Wildman–Crippen MR) is 95.1 cm³/mol. The number of carbonyl (C=O) groups excluding carboxylic acids is 1. The fraction of sp³-hybridized carbons (Fsp3) is 0.350. The van der Waals surface area contributed by atoms with Crippen LogP contribution in [0.1, 0.15) is 15.9 Å². The van der Waals surface area contributed by atoms with E-state index in [1.54, 1.807) is 24.3 Å². The molecule has 0 aliphatic carbocycles. The number of benzene rings is 2. The third-order valence-corrected chi connectivity index (χ3v) is 4.69. The Balaban J connectivity index is 1.72. The number of hydrogen-bond acceptors (Lipinski definition) is 3. The summed E-state index contributed by atoms with van der Waals surface area (Å²) < 4.78 is 38.1. The Morgan fingerprint density at radius 1 is 0.962 bits per heavy atom. The lowest BCUT2D eigenvalue weighted by Gasteiger charge is -2.31. The number of alkyl halides is 3. The van der Waals surface area contributed by atoms with Crippen LogP contribution in [0.5, 0.6) is 0 Å². The van der Waals surface area contributed by atoms with Crippen molar-refractivity contribution >= 4 is 5.78 Å². The number of halogens is 3. The second-order valence-electron chi connectivity index (χ2n) is 6.66. The maximum Gasteiger partial charge on any atom is 0.416 e. The minimum absolute atomic E-state index is 0.0308. The van der Waals surface area contributed by atoms with Crippen LogP contribution in [0.15, 0.2) is 48.5 Å². The first-order chi connectivity index (χ1) is 12.3. The van der Waals surface area contributed by atoms with E-state index in [2.05, 4.69) is 16.8 Å². The average Bonchev–Trinajstić information content (AvgIpc) is 2.63. The highest BCUT2D eigenvalue weighted by atomic mass is 19.4. The van der Waals surface area contributed by atoms with Crippen molar-refractivity contribution in [2.75, 3.05) is 39.8 Å². The van der Waals surface area contributed by atoms with Gasteiger partial charge in [-0.1, -0.05) is 30.3 Å². The van der Waals surface area contributed by atoms with Gasteiger partial charge in [0.05, 0.1) is 12.1 Å². The number of piperazine rings is 1. The lowest BCUT2D eigenvalue weighted by atomic mass is 10.00. The molecule has 2 aromatic carbocycles. The SMILES string of the molecule is CN1CCN(CC(=O)c2cccc(-c3ccc(C(F)(F)F)cc3)c2)CC1. The van der Waals surface area contributed by atoms with Gasteiger partial charge in [-0.2, -0.15) is 13.2 Å². The molecule has 1 heterocycles. The standard InChI is InChI=1S/C20H21F3N2O/c1-24-9-11-25(12-10-24)14-19(26)17-4-2-3-16(13-17)15-5-7-18(8-6-15)20(21,22)23/h2-8,13H,9-12,14H2,1H3. The van der Waals surface area contributed by atoms with Gasteiger partial charge in [-0.05, 0) is 36.4 Å². The van der Waals surface area contributed by atoms with Gasteiger partial charge in [0.1, 0.15) is 0 Å². The maximum atomic E-state index is 12.7. The summed E-state index contributed by atoms with van der Waals surface area (Å²) in [6, 6.07) is 12.1. The zero-order chi connectivity index (χ0) is 18.7. The molecule has 0 aromatic heterocycles. The molecular formula is C20H21F3N2O. The van der Waals surface area contributed by atoms with E-state index >= 15 is 0 Å². The Kier molecular flexibility index (Phi) is 5.44. The molecule has 3 rings (SSSR count). The molecule has 0 unspecified atom stereocenters. The number of rotatable bonds is 4. The van der Waals surface area contributed by atoms with Crippen LogP contribution in [0.3, 0.4) is 0 Å². The van der Waals surface area contributed by atoms with Crippen LogP contribution in [0.4, 0.5) is 13.2 Å². The molecule has 1 fully saturated rings. The number of likely N-dealkylation sites (N-methyl/N-ethyl adjacent to an activating group) is 1. The third-order valence-electron chi connectivity index (χ3n) is 4.69. The summed E-state index contributed by atoms with van der Waals surface area (Å²) in [6.45, 7) is 3.98. The molecule has 0 radical (unpaired) electrons. The molecule has 0 atom stereocenters. The molecule has 6 heteroatoms. The number of Topliss-reactive ketones (excluding diaryl/α,β-unsaturated/α-hetero) is 1. The van der Waals surface area contributed by atoms with Gasteiger partial charge in [0.2, 0.25) is 0 Å². The smallest absolute Gasteiger partial charge is 0.304 e. The summed E-state index contributed by atoms with van der Waals surface area (Å²) >= 11 is 0. The summed E-state index contributed by atoms with van der Waals surface area (Å²) in [5.74, 6) is 0.0308. The van der Waals surface area contributed by atoms with Crippen molar-refractivity contribution in [3.63, 3.8) is 0 Å². The van der Waals surface area contributed by atoms with Crippen molar-refractivity contribution in [3.8, 4) is 11.1 Å². The minimum atomic E-state index is -4.35. The van der Waals surface area contributed by atoms with Gasteiger partial charge in [0, 0.05) is 31.7 Å². The topological polar surface area (TPSA) is 23.6 Å². The molecule has 0 amide bonds. The molecule has 1 saturated heterocycles. The van der Waals surface area contributed by atoms with Crippen molar-refractivity contribution in [2.45, 2.75) is 6.18 Å². The summed E-state index contributed by atoms with van der Waals surface area (Å²) in [7, 11) is 2.06. The summed E-state index contributed by atoms with van der Waals surface area (Å²) in [5, 5.41) is 0. The van der Waals surface area contributed by atoms with Gasteiger partial charge in [-0.25, -0.2) is 0 Å². The second kappa shape index (κ2) is 7.60. The number of nitrogens with zero attached hydrogens (tertiary/aromatic N) is 2. The minimum Gasteiger partial charge on any atom is -0.304 e. The van der Waals surface area contributed by atoms with E-state index in [1.807, 2.05) is 0 Å². The highest BCUT2D eigenvalue weighted by Gasteiger charge is 2.30. The van der Waals surface area contributed by atoms with Crippen molar-refractivity contribution in [1.82, 2.24) is 9.80 Å². The highest BCUT2D eigenvalue weighted by Crippen LogP contribution is 2.31. The van der Waals surface area contributed by atoms with Gasteiger partial charge in [-0.3, -0.25) is 9.69 Å². The molecule has 26 heavy (non-hydrogen) atoms. The Labute approximate surface area is 151 Å². The molecule has 0 spiro atoms. The average molecular weight is 362 g/mol. The summed E-state index contributed by atoms with van der Waals surface area (Å²) in [6.07, 6.45) is -4.35. The maximum absolute atomic E-state index is 12.7. The van der Waals surface area contributed by atoms with E-state index in [9.17, 15) is 18.0 Å². The fourth-order valence-corrected chi connectivity index (χ4v) is 3.02. The fourth-order valence-electron chi connectivity index (χ4n) is 3.02. The van der Waals surface area contributed by atoms with Crippen molar-refractivity contribution in [1.29, 1.82) is 0 Å². The van der Waals surface area contributed by atoms with E-state index in [0.717, 1.165) is 43.9 Å².